The van der Waals surface area contributed by atoms with Crippen LogP contribution in [0.3, 0.4) is 0 Å². The molecule has 6 heteroatoms. The maximum absolute atomic E-state index is 9.63. The van der Waals surface area contributed by atoms with E-state index >= 15 is 0 Å². The van der Waals surface area contributed by atoms with Gasteiger partial charge in [0.1, 0.15) is 5.75 Å². The molecule has 4 rings (SSSR count). The van der Waals surface area contributed by atoms with Gasteiger partial charge in [-0.15, -0.1) is 0 Å². The summed E-state index contributed by atoms with van der Waals surface area (Å²) in [5.41, 5.74) is 3.62. The third-order valence-electron chi connectivity index (χ3n) is 5.76. The molecule has 3 aromatic rings. The fourth-order valence-electron chi connectivity index (χ4n) is 4.21. The van der Waals surface area contributed by atoms with Crippen molar-refractivity contribution in [3.63, 3.8) is 0 Å². The first-order valence-electron chi connectivity index (χ1n) is 10.5. The van der Waals surface area contributed by atoms with Crippen LogP contribution >= 0.6 is 0 Å². The third kappa shape index (κ3) is 5.08. The zero-order valence-electron chi connectivity index (χ0n) is 17.5. The number of rotatable bonds is 8. The summed E-state index contributed by atoms with van der Waals surface area (Å²) < 4.78 is 7.26. The molecule has 0 bridgehead atoms. The lowest BCUT2D eigenvalue weighted by Crippen LogP contribution is -2.52. The highest BCUT2D eigenvalue weighted by molar-refractivity contribution is 5.35. The van der Waals surface area contributed by atoms with Gasteiger partial charge in [0.05, 0.1) is 12.8 Å². The number of hydrogen-bond donors (Lipinski definition) is 1. The lowest BCUT2D eigenvalue weighted by atomic mass is 10.1. The van der Waals surface area contributed by atoms with E-state index in [4.69, 9.17) is 4.74 Å². The molecule has 0 spiro atoms. The number of aromatic nitrogens is 2. The standard InChI is InChI=1S/C24H30N4O2/c1-30-24-8-3-6-21(16-24)18-27-13-12-26(19-23(27)9-14-29)17-20-5-2-7-22(15-20)28-11-4-10-25-28/h2-8,10-11,15-16,23,29H,9,12-14,17-19H2,1H3/t23-/m0/s1. The maximum Gasteiger partial charge on any atom is 0.119 e. The number of hydrogen-bond acceptors (Lipinski definition) is 5. The van der Waals surface area contributed by atoms with Crippen molar-refractivity contribution in [3.05, 3.63) is 78.1 Å². The van der Waals surface area contributed by atoms with Gasteiger partial charge in [0, 0.05) is 57.8 Å². The number of ether oxygens (including phenoxy) is 1. The summed E-state index contributed by atoms with van der Waals surface area (Å²) in [7, 11) is 1.70. The van der Waals surface area contributed by atoms with Gasteiger partial charge in [0.2, 0.25) is 0 Å². The van der Waals surface area contributed by atoms with Crippen LogP contribution in [0.5, 0.6) is 5.75 Å². The van der Waals surface area contributed by atoms with Crippen LogP contribution in [-0.2, 0) is 13.1 Å². The molecule has 2 aromatic carbocycles. The molecule has 0 amide bonds. The normalized spacial score (nSPS) is 17.9. The van der Waals surface area contributed by atoms with Gasteiger partial charge in [-0.3, -0.25) is 9.80 Å². The zero-order chi connectivity index (χ0) is 20.8. The van der Waals surface area contributed by atoms with E-state index in [0.717, 1.165) is 50.6 Å². The minimum absolute atomic E-state index is 0.210. The van der Waals surface area contributed by atoms with Crippen LogP contribution in [0.1, 0.15) is 17.5 Å². The Hall–Kier alpha value is -2.67. The molecule has 0 saturated carbocycles. The number of benzene rings is 2. The summed E-state index contributed by atoms with van der Waals surface area (Å²) >= 11 is 0. The van der Waals surface area contributed by atoms with Gasteiger partial charge in [0.15, 0.2) is 0 Å². The molecule has 1 aliphatic heterocycles. The molecule has 1 N–H and O–H groups in total. The van der Waals surface area contributed by atoms with Crippen LogP contribution < -0.4 is 4.74 Å². The van der Waals surface area contributed by atoms with Crippen molar-refractivity contribution in [3.8, 4) is 11.4 Å². The van der Waals surface area contributed by atoms with E-state index in [-0.39, 0.29) is 6.61 Å². The molecule has 0 aliphatic carbocycles. The minimum Gasteiger partial charge on any atom is -0.497 e. The lowest BCUT2D eigenvalue weighted by Gasteiger charge is -2.41. The Balaban J connectivity index is 1.41. The van der Waals surface area contributed by atoms with Crippen molar-refractivity contribution in [2.45, 2.75) is 25.6 Å². The Morgan fingerprint density at radius 1 is 1.03 bits per heavy atom. The lowest BCUT2D eigenvalue weighted by molar-refractivity contribution is 0.0499. The molecular formula is C24H30N4O2. The maximum atomic E-state index is 9.63. The second-order valence-corrected chi connectivity index (χ2v) is 7.84. The smallest absolute Gasteiger partial charge is 0.119 e. The molecule has 1 saturated heterocycles. The Morgan fingerprint density at radius 3 is 2.63 bits per heavy atom. The molecule has 0 radical (unpaired) electrons. The number of aliphatic hydroxyl groups excluding tert-OH is 1. The highest BCUT2D eigenvalue weighted by Crippen LogP contribution is 2.21. The fraction of sp³-hybridized carbons (Fsp3) is 0.375. The highest BCUT2D eigenvalue weighted by Gasteiger charge is 2.26. The van der Waals surface area contributed by atoms with Crippen LogP contribution in [0.15, 0.2) is 67.0 Å². The van der Waals surface area contributed by atoms with Gasteiger partial charge in [0.25, 0.3) is 0 Å². The molecule has 1 atom stereocenters. The van der Waals surface area contributed by atoms with Crippen LogP contribution in [0, 0.1) is 0 Å². The van der Waals surface area contributed by atoms with E-state index in [1.165, 1.54) is 11.1 Å². The average molecular weight is 407 g/mol. The highest BCUT2D eigenvalue weighted by atomic mass is 16.5. The van der Waals surface area contributed by atoms with Crippen LogP contribution in [0.2, 0.25) is 0 Å². The molecule has 158 valence electrons. The molecule has 1 aliphatic rings. The van der Waals surface area contributed by atoms with E-state index < -0.39 is 0 Å². The van der Waals surface area contributed by atoms with Gasteiger partial charge in [-0.25, -0.2) is 4.68 Å². The summed E-state index contributed by atoms with van der Waals surface area (Å²) in [5.74, 6) is 0.891. The Labute approximate surface area is 178 Å². The van der Waals surface area contributed by atoms with Gasteiger partial charge < -0.3 is 9.84 Å². The molecule has 1 aromatic heterocycles. The van der Waals surface area contributed by atoms with Crippen molar-refractivity contribution < 1.29 is 9.84 Å². The van der Waals surface area contributed by atoms with E-state index in [0.29, 0.717) is 6.04 Å². The van der Waals surface area contributed by atoms with Crippen molar-refractivity contribution in [1.29, 1.82) is 0 Å². The summed E-state index contributed by atoms with van der Waals surface area (Å²) in [6.45, 7) is 4.95. The summed E-state index contributed by atoms with van der Waals surface area (Å²) in [5, 5.41) is 14.0. The fourth-order valence-corrected chi connectivity index (χ4v) is 4.21. The number of methoxy groups -OCH3 is 1. The molecule has 2 heterocycles. The summed E-state index contributed by atoms with van der Waals surface area (Å²) in [6, 6.07) is 19.1. The Morgan fingerprint density at radius 2 is 1.87 bits per heavy atom. The van der Waals surface area contributed by atoms with Gasteiger partial charge in [-0.05, 0) is 47.9 Å². The van der Waals surface area contributed by atoms with Crippen LogP contribution in [0.25, 0.3) is 5.69 Å². The number of nitrogens with zero attached hydrogens (tertiary/aromatic N) is 4. The quantitative estimate of drug-likeness (QED) is 0.623. The van der Waals surface area contributed by atoms with Crippen molar-refractivity contribution in [2.24, 2.45) is 0 Å². The molecular weight excluding hydrogens is 376 g/mol. The van der Waals surface area contributed by atoms with E-state index in [1.807, 2.05) is 29.1 Å². The molecule has 6 nitrogen and oxygen atoms in total. The molecule has 0 unspecified atom stereocenters. The first-order valence-corrected chi connectivity index (χ1v) is 10.5. The first kappa shape index (κ1) is 20.6. The monoisotopic (exact) mass is 406 g/mol. The average Bonchev–Trinajstić information content (AvgIpc) is 3.31. The predicted molar refractivity (Wildman–Crippen MR) is 118 cm³/mol. The molecule has 30 heavy (non-hydrogen) atoms. The number of aliphatic hydroxyl groups is 1. The second kappa shape index (κ2) is 9.89. The molecule has 1 fully saturated rings. The zero-order valence-corrected chi connectivity index (χ0v) is 17.5. The topological polar surface area (TPSA) is 53.8 Å². The van der Waals surface area contributed by atoms with Crippen LogP contribution in [-0.4, -0.2) is 64.1 Å². The SMILES string of the molecule is COc1cccc(CN2CCN(Cc3cccc(-n4cccn4)c3)C[C@@H]2CCO)c1. The largest absolute Gasteiger partial charge is 0.497 e. The first-order chi connectivity index (χ1) is 14.7. The van der Waals surface area contributed by atoms with Crippen molar-refractivity contribution in [1.82, 2.24) is 19.6 Å². The summed E-state index contributed by atoms with van der Waals surface area (Å²) in [4.78, 5) is 4.98. The Bertz CT molecular complexity index is 928. The summed E-state index contributed by atoms with van der Waals surface area (Å²) in [6.07, 6.45) is 4.55. The Kier molecular flexibility index (Phi) is 6.79. The van der Waals surface area contributed by atoms with E-state index in [9.17, 15) is 5.11 Å². The van der Waals surface area contributed by atoms with Crippen molar-refractivity contribution >= 4 is 0 Å². The van der Waals surface area contributed by atoms with Crippen LogP contribution in [0.4, 0.5) is 0 Å². The van der Waals surface area contributed by atoms with E-state index in [2.05, 4.69) is 51.3 Å². The number of piperazine rings is 1. The minimum atomic E-state index is 0.210. The van der Waals surface area contributed by atoms with Gasteiger partial charge in [-0.2, -0.15) is 5.10 Å². The predicted octanol–water partition coefficient (Wildman–Crippen LogP) is 2.95. The third-order valence-corrected chi connectivity index (χ3v) is 5.76. The van der Waals surface area contributed by atoms with Gasteiger partial charge in [-0.1, -0.05) is 24.3 Å². The van der Waals surface area contributed by atoms with Gasteiger partial charge >= 0.3 is 0 Å². The second-order valence-electron chi connectivity index (χ2n) is 7.84. The van der Waals surface area contributed by atoms with E-state index in [1.54, 1.807) is 13.3 Å². The van der Waals surface area contributed by atoms with Crippen molar-refractivity contribution in [2.75, 3.05) is 33.4 Å².